The molecule has 1 N–H and O–H groups in total. The van der Waals surface area contributed by atoms with E-state index in [1.807, 2.05) is 31.3 Å². The molecule has 13 heteroatoms. The van der Waals surface area contributed by atoms with Crippen LogP contribution in [0, 0.1) is 17.9 Å². The lowest BCUT2D eigenvalue weighted by atomic mass is 10.0. The first kappa shape index (κ1) is 25.4. The van der Waals surface area contributed by atoms with Crippen LogP contribution in [0.2, 0.25) is 5.02 Å². The number of fused-ring (bicyclic) bond motifs is 1. The maximum atomic E-state index is 15.3. The molecule has 202 valence electrons. The average Bonchev–Trinajstić information content (AvgIpc) is 3.71. The van der Waals surface area contributed by atoms with E-state index in [1.165, 1.54) is 30.4 Å². The van der Waals surface area contributed by atoms with Crippen molar-refractivity contribution in [3.05, 3.63) is 94.2 Å². The summed E-state index contributed by atoms with van der Waals surface area (Å²) in [6.07, 6.45) is 5.34. The van der Waals surface area contributed by atoms with Gasteiger partial charge in [-0.1, -0.05) is 23.7 Å². The number of rotatable bonds is 5. The zero-order valence-electron chi connectivity index (χ0n) is 21.4. The molecule has 3 aromatic heterocycles. The van der Waals surface area contributed by atoms with Crippen LogP contribution in [-0.4, -0.2) is 43.2 Å². The molecular weight excluding hydrogens is 539 g/mol. The van der Waals surface area contributed by atoms with Crippen molar-refractivity contribution in [2.24, 2.45) is 0 Å². The zero-order valence-corrected chi connectivity index (χ0v) is 22.1. The van der Waals surface area contributed by atoms with Gasteiger partial charge in [-0.05, 0) is 66.1 Å². The summed E-state index contributed by atoms with van der Waals surface area (Å²) in [5, 5.41) is 31.8. The summed E-state index contributed by atoms with van der Waals surface area (Å²) in [5.41, 5.74) is 5.44. The van der Waals surface area contributed by atoms with Gasteiger partial charge in [0, 0.05) is 23.0 Å². The molecule has 6 rings (SSSR count). The highest BCUT2D eigenvalue weighted by atomic mass is 35.5. The first-order valence-electron chi connectivity index (χ1n) is 12.3. The van der Waals surface area contributed by atoms with E-state index in [2.05, 4.69) is 25.6 Å². The van der Waals surface area contributed by atoms with Crippen molar-refractivity contribution in [3.8, 4) is 27.9 Å². The highest BCUT2D eigenvalue weighted by molar-refractivity contribution is 6.31. The van der Waals surface area contributed by atoms with Crippen LogP contribution >= 0.6 is 11.6 Å². The van der Waals surface area contributed by atoms with Gasteiger partial charge < -0.3 is 9.94 Å². The number of carbonyl (C=O) groups is 1. The third-order valence-electron chi connectivity index (χ3n) is 6.98. The molecule has 0 saturated carbocycles. The standard InChI is InChI=1S/C27H22ClFN8O3/c1-15-20(16-3-6-19(7-4-16)31-27(38)40-2)13-35(32-15)23-9-5-17-11-18(12-37(39)26(17)23)24-22(36-14-30-33-34-36)10-8-21(28)25(24)29/h3-4,6-8,10-14,23H,5,9H2,1-2H3,(H,31,38)/t23-/m1/s1. The van der Waals surface area contributed by atoms with Crippen molar-refractivity contribution in [1.82, 2.24) is 30.0 Å². The second-order valence-corrected chi connectivity index (χ2v) is 9.74. The summed E-state index contributed by atoms with van der Waals surface area (Å²) >= 11 is 6.11. The van der Waals surface area contributed by atoms with E-state index >= 15 is 4.39 Å². The molecule has 0 unspecified atom stereocenters. The van der Waals surface area contributed by atoms with E-state index in [0.717, 1.165) is 27.1 Å². The van der Waals surface area contributed by atoms with Crippen molar-refractivity contribution in [1.29, 1.82) is 0 Å². The van der Waals surface area contributed by atoms with Gasteiger partial charge in [-0.3, -0.25) is 10.00 Å². The molecule has 40 heavy (non-hydrogen) atoms. The number of nitrogens with one attached hydrogen (secondary N) is 1. The predicted octanol–water partition coefficient (Wildman–Crippen LogP) is 4.64. The molecule has 11 nitrogen and oxygen atoms in total. The fourth-order valence-electron chi connectivity index (χ4n) is 5.13. The number of hydrogen-bond acceptors (Lipinski definition) is 7. The molecule has 0 bridgehead atoms. The number of tetrazole rings is 1. The Balaban J connectivity index is 1.34. The zero-order chi connectivity index (χ0) is 28.0. The molecule has 1 aliphatic carbocycles. The number of methoxy groups -OCH3 is 1. The number of aromatic nitrogens is 7. The summed E-state index contributed by atoms with van der Waals surface area (Å²) in [6.45, 7) is 1.90. The molecule has 3 heterocycles. The van der Waals surface area contributed by atoms with Crippen molar-refractivity contribution >= 4 is 23.4 Å². The number of anilines is 1. The second-order valence-electron chi connectivity index (χ2n) is 9.33. The Morgan fingerprint density at radius 2 is 2.02 bits per heavy atom. The van der Waals surface area contributed by atoms with E-state index in [-0.39, 0.29) is 16.6 Å². The monoisotopic (exact) mass is 560 g/mol. The molecule has 0 saturated heterocycles. The Morgan fingerprint density at radius 1 is 1.23 bits per heavy atom. The van der Waals surface area contributed by atoms with Gasteiger partial charge in [-0.15, -0.1) is 5.10 Å². The average molecular weight is 561 g/mol. The van der Waals surface area contributed by atoms with Gasteiger partial charge >= 0.3 is 6.09 Å². The number of benzene rings is 2. The minimum atomic E-state index is -0.663. The van der Waals surface area contributed by atoms with Gasteiger partial charge in [0.05, 0.1) is 34.6 Å². The largest absolute Gasteiger partial charge is 0.618 e. The van der Waals surface area contributed by atoms with Crippen molar-refractivity contribution in [2.45, 2.75) is 25.8 Å². The van der Waals surface area contributed by atoms with Gasteiger partial charge in [0.15, 0.2) is 12.0 Å². The first-order chi connectivity index (χ1) is 19.3. The fraction of sp³-hybridized carbons (Fsp3) is 0.185. The summed E-state index contributed by atoms with van der Waals surface area (Å²) < 4.78 is 23.9. The number of aryl methyl sites for hydroxylation is 2. The number of hydrogen-bond donors (Lipinski definition) is 1. The molecule has 1 amide bonds. The SMILES string of the molecule is COC(=O)Nc1ccc(-c2cn([C@@H]3CCc4cc(-c5c(-n6cnnn6)ccc(Cl)c5F)c[n+]([O-])c43)nc2C)cc1. The van der Waals surface area contributed by atoms with Gasteiger partial charge in [0.2, 0.25) is 5.69 Å². The highest BCUT2D eigenvalue weighted by Crippen LogP contribution is 2.38. The minimum Gasteiger partial charge on any atom is -0.618 e. The van der Waals surface area contributed by atoms with E-state index < -0.39 is 11.9 Å². The van der Waals surface area contributed by atoms with Gasteiger partial charge in [0.25, 0.3) is 0 Å². The summed E-state index contributed by atoms with van der Waals surface area (Å²) in [7, 11) is 1.30. The Morgan fingerprint density at radius 3 is 2.75 bits per heavy atom. The minimum absolute atomic E-state index is 0.0729. The van der Waals surface area contributed by atoms with Gasteiger partial charge in [-0.25, -0.2) is 9.18 Å². The summed E-state index contributed by atoms with van der Waals surface area (Å²) in [6, 6.07) is 11.9. The van der Waals surface area contributed by atoms with E-state index in [4.69, 9.17) is 16.7 Å². The lowest BCUT2D eigenvalue weighted by molar-refractivity contribution is -0.615. The Kier molecular flexibility index (Phi) is 6.39. The van der Waals surface area contributed by atoms with Crippen molar-refractivity contribution in [2.75, 3.05) is 12.4 Å². The molecule has 1 atom stereocenters. The highest BCUT2D eigenvalue weighted by Gasteiger charge is 2.34. The van der Waals surface area contributed by atoms with Gasteiger partial charge in [0.1, 0.15) is 12.4 Å². The van der Waals surface area contributed by atoms with Gasteiger partial charge in [-0.2, -0.15) is 14.5 Å². The maximum absolute atomic E-state index is 15.3. The molecule has 1 aliphatic rings. The van der Waals surface area contributed by atoms with Crippen LogP contribution in [0.25, 0.3) is 27.9 Å². The van der Waals surface area contributed by atoms with E-state index in [1.54, 1.807) is 22.9 Å². The molecule has 5 aromatic rings. The van der Waals surface area contributed by atoms with Crippen LogP contribution in [0.5, 0.6) is 0 Å². The van der Waals surface area contributed by atoms with Crippen LogP contribution < -0.4 is 10.0 Å². The van der Waals surface area contributed by atoms with Crippen LogP contribution in [-0.2, 0) is 11.2 Å². The number of pyridine rings is 1. The van der Waals surface area contributed by atoms with Crippen LogP contribution in [0.15, 0.2) is 61.2 Å². The number of amides is 1. The van der Waals surface area contributed by atoms with Crippen LogP contribution in [0.4, 0.5) is 14.9 Å². The number of ether oxygens (including phenoxy) is 1. The smallest absolute Gasteiger partial charge is 0.411 e. The van der Waals surface area contributed by atoms with Crippen LogP contribution in [0.3, 0.4) is 0 Å². The van der Waals surface area contributed by atoms with E-state index in [9.17, 15) is 10.0 Å². The Hall–Kier alpha value is -4.84. The third kappa shape index (κ3) is 4.41. The number of nitrogens with zero attached hydrogens (tertiary/aromatic N) is 7. The molecule has 0 radical (unpaired) electrons. The molecule has 0 fully saturated rings. The summed E-state index contributed by atoms with van der Waals surface area (Å²) in [5.74, 6) is -0.663. The third-order valence-corrected chi connectivity index (χ3v) is 7.27. The first-order valence-corrected chi connectivity index (χ1v) is 12.7. The topological polar surface area (TPSA) is 127 Å². The number of halogens is 2. The molecule has 0 aliphatic heterocycles. The Bertz CT molecular complexity index is 1740. The fourth-order valence-corrected chi connectivity index (χ4v) is 5.28. The molecule has 2 aromatic carbocycles. The van der Waals surface area contributed by atoms with Crippen LogP contribution in [0.1, 0.15) is 29.4 Å². The molecule has 0 spiro atoms. The maximum Gasteiger partial charge on any atom is 0.411 e. The summed E-state index contributed by atoms with van der Waals surface area (Å²) in [4.78, 5) is 11.5. The lowest BCUT2D eigenvalue weighted by Gasteiger charge is -2.15. The Labute approximate surface area is 232 Å². The van der Waals surface area contributed by atoms with Crippen molar-refractivity contribution < 1.29 is 18.7 Å². The normalized spacial score (nSPS) is 14.2. The van der Waals surface area contributed by atoms with Crippen molar-refractivity contribution in [3.63, 3.8) is 0 Å². The molecular formula is C27H22ClFN8O3. The lowest BCUT2D eigenvalue weighted by Crippen LogP contribution is -2.34. The van der Waals surface area contributed by atoms with E-state index in [0.29, 0.717) is 35.5 Å². The predicted molar refractivity (Wildman–Crippen MR) is 143 cm³/mol. The number of carbonyl (C=O) groups excluding carboxylic acids is 1. The second kappa shape index (κ2) is 10.0. The quantitative estimate of drug-likeness (QED) is 0.245.